The van der Waals surface area contributed by atoms with E-state index in [0.717, 1.165) is 18.3 Å². The predicted octanol–water partition coefficient (Wildman–Crippen LogP) is 2.63. The van der Waals surface area contributed by atoms with Crippen LogP contribution >= 0.6 is 0 Å². The van der Waals surface area contributed by atoms with Gasteiger partial charge in [-0.15, -0.1) is 0 Å². The van der Waals surface area contributed by atoms with Gasteiger partial charge in [0, 0.05) is 24.5 Å². The maximum Gasteiger partial charge on any atom is 0.328 e. The fraction of sp³-hybridized carbons (Fsp3) is 0.0714. The van der Waals surface area contributed by atoms with E-state index in [1.165, 1.54) is 5.56 Å². The van der Waals surface area contributed by atoms with E-state index in [4.69, 9.17) is 5.11 Å². The maximum atomic E-state index is 10.5. The lowest BCUT2D eigenvalue weighted by Gasteiger charge is -2.06. The Labute approximate surface area is 99.6 Å². The van der Waals surface area contributed by atoms with Crippen LogP contribution in [-0.4, -0.2) is 15.6 Å². The molecule has 3 heteroatoms. The quantitative estimate of drug-likeness (QED) is 0.816. The molecule has 0 saturated carbocycles. The zero-order chi connectivity index (χ0) is 12.1. The summed E-state index contributed by atoms with van der Waals surface area (Å²) < 4.78 is 2.01. The Bertz CT molecular complexity index is 526. The molecule has 17 heavy (non-hydrogen) atoms. The molecule has 0 atom stereocenters. The third kappa shape index (κ3) is 3.08. The third-order valence-corrected chi connectivity index (χ3v) is 2.46. The zero-order valence-corrected chi connectivity index (χ0v) is 9.28. The molecule has 0 aliphatic rings. The van der Waals surface area contributed by atoms with Gasteiger partial charge in [0.2, 0.25) is 0 Å². The average molecular weight is 227 g/mol. The summed E-state index contributed by atoms with van der Waals surface area (Å²) in [6, 6.07) is 13.9. The summed E-state index contributed by atoms with van der Waals surface area (Å²) in [7, 11) is 0. The number of rotatable bonds is 4. The molecule has 2 aromatic rings. The highest BCUT2D eigenvalue weighted by Gasteiger charge is 1.99. The van der Waals surface area contributed by atoms with Gasteiger partial charge < -0.3 is 9.67 Å². The van der Waals surface area contributed by atoms with Gasteiger partial charge in [0.25, 0.3) is 0 Å². The number of benzene rings is 1. The second-order valence-electron chi connectivity index (χ2n) is 3.72. The smallest absolute Gasteiger partial charge is 0.328 e. The van der Waals surface area contributed by atoms with Crippen molar-refractivity contribution in [2.24, 2.45) is 0 Å². The van der Waals surface area contributed by atoms with Crippen molar-refractivity contribution in [1.82, 2.24) is 4.57 Å². The van der Waals surface area contributed by atoms with Crippen molar-refractivity contribution in [2.45, 2.75) is 6.54 Å². The van der Waals surface area contributed by atoms with E-state index in [-0.39, 0.29) is 0 Å². The molecule has 0 radical (unpaired) electrons. The predicted molar refractivity (Wildman–Crippen MR) is 66.6 cm³/mol. The van der Waals surface area contributed by atoms with Crippen LogP contribution in [0.1, 0.15) is 11.3 Å². The molecule has 0 amide bonds. The zero-order valence-electron chi connectivity index (χ0n) is 9.28. The van der Waals surface area contributed by atoms with Gasteiger partial charge in [-0.05, 0) is 23.8 Å². The molecular weight excluding hydrogens is 214 g/mol. The van der Waals surface area contributed by atoms with Gasteiger partial charge in [-0.3, -0.25) is 0 Å². The first-order valence-electron chi connectivity index (χ1n) is 5.36. The van der Waals surface area contributed by atoms with Crippen LogP contribution in [0, 0.1) is 0 Å². The second kappa shape index (κ2) is 5.16. The number of carboxylic acid groups (broad SMARTS) is 1. The molecule has 0 bridgehead atoms. The van der Waals surface area contributed by atoms with Gasteiger partial charge >= 0.3 is 5.97 Å². The number of aliphatic carboxylic acids is 1. The molecule has 0 aliphatic carbocycles. The van der Waals surface area contributed by atoms with Crippen LogP contribution in [0.25, 0.3) is 6.08 Å². The number of aromatic nitrogens is 1. The molecule has 0 spiro atoms. The first-order valence-corrected chi connectivity index (χ1v) is 5.36. The molecule has 0 unspecified atom stereocenters. The normalized spacial score (nSPS) is 10.8. The Hall–Kier alpha value is -2.29. The summed E-state index contributed by atoms with van der Waals surface area (Å²) in [6.07, 6.45) is 4.69. The van der Waals surface area contributed by atoms with Crippen molar-refractivity contribution in [2.75, 3.05) is 0 Å². The summed E-state index contributed by atoms with van der Waals surface area (Å²) in [5, 5.41) is 8.60. The Morgan fingerprint density at radius 1 is 1.18 bits per heavy atom. The van der Waals surface area contributed by atoms with Gasteiger partial charge in [0.1, 0.15) is 0 Å². The van der Waals surface area contributed by atoms with E-state index >= 15 is 0 Å². The first kappa shape index (κ1) is 11.2. The molecule has 1 aromatic heterocycles. The Morgan fingerprint density at radius 3 is 2.65 bits per heavy atom. The van der Waals surface area contributed by atoms with Crippen LogP contribution in [0.2, 0.25) is 0 Å². The van der Waals surface area contributed by atoms with Gasteiger partial charge in [0.15, 0.2) is 0 Å². The van der Waals surface area contributed by atoms with Crippen LogP contribution in [-0.2, 0) is 11.3 Å². The van der Waals surface area contributed by atoms with E-state index in [2.05, 4.69) is 0 Å². The van der Waals surface area contributed by atoms with E-state index < -0.39 is 5.97 Å². The molecule has 1 heterocycles. The minimum Gasteiger partial charge on any atom is -0.478 e. The summed E-state index contributed by atoms with van der Waals surface area (Å²) in [5.41, 5.74) is 2.07. The van der Waals surface area contributed by atoms with E-state index in [1.807, 2.05) is 53.2 Å². The van der Waals surface area contributed by atoms with Gasteiger partial charge in [0.05, 0.1) is 0 Å². The lowest BCUT2D eigenvalue weighted by atomic mass is 10.2. The van der Waals surface area contributed by atoms with Crippen molar-refractivity contribution < 1.29 is 9.90 Å². The molecule has 1 N–H and O–H groups in total. The van der Waals surface area contributed by atoms with Crippen LogP contribution < -0.4 is 0 Å². The third-order valence-electron chi connectivity index (χ3n) is 2.46. The molecule has 1 aromatic carbocycles. The van der Waals surface area contributed by atoms with Crippen molar-refractivity contribution in [3.05, 3.63) is 66.0 Å². The van der Waals surface area contributed by atoms with Crippen LogP contribution in [0.5, 0.6) is 0 Å². The lowest BCUT2D eigenvalue weighted by Crippen LogP contribution is -2.00. The number of nitrogens with zero attached hydrogens (tertiary/aromatic N) is 1. The lowest BCUT2D eigenvalue weighted by molar-refractivity contribution is -0.131. The van der Waals surface area contributed by atoms with E-state index in [0.29, 0.717) is 0 Å². The van der Waals surface area contributed by atoms with Gasteiger partial charge in [-0.2, -0.15) is 0 Å². The molecular formula is C14H13NO2. The fourth-order valence-corrected chi connectivity index (χ4v) is 1.66. The molecule has 2 rings (SSSR count). The number of carbonyl (C=O) groups is 1. The molecule has 0 aliphatic heterocycles. The van der Waals surface area contributed by atoms with Crippen LogP contribution in [0.15, 0.2) is 54.7 Å². The minimum absolute atomic E-state index is 0.743. The monoisotopic (exact) mass is 227 g/mol. The summed E-state index contributed by atoms with van der Waals surface area (Å²) >= 11 is 0. The Balaban J connectivity index is 2.17. The SMILES string of the molecule is O=C(O)C=Cc1cccn1Cc1ccccc1. The largest absolute Gasteiger partial charge is 0.478 e. The summed E-state index contributed by atoms with van der Waals surface area (Å²) in [4.78, 5) is 10.5. The number of carboxylic acids is 1. The Kier molecular flexibility index (Phi) is 3.40. The van der Waals surface area contributed by atoms with Crippen LogP contribution in [0.4, 0.5) is 0 Å². The van der Waals surface area contributed by atoms with Gasteiger partial charge in [-0.25, -0.2) is 4.79 Å². The van der Waals surface area contributed by atoms with E-state index in [1.54, 1.807) is 6.08 Å². The maximum absolute atomic E-state index is 10.5. The molecule has 3 nitrogen and oxygen atoms in total. The van der Waals surface area contributed by atoms with Crippen molar-refractivity contribution in [3.63, 3.8) is 0 Å². The molecule has 0 saturated heterocycles. The standard InChI is InChI=1S/C14H13NO2/c16-14(17)9-8-13-7-4-10-15(13)11-12-5-2-1-3-6-12/h1-10H,11H2,(H,16,17). The van der Waals surface area contributed by atoms with E-state index in [9.17, 15) is 4.79 Å². The average Bonchev–Trinajstić information content (AvgIpc) is 2.75. The van der Waals surface area contributed by atoms with Gasteiger partial charge in [-0.1, -0.05) is 30.3 Å². The topological polar surface area (TPSA) is 42.2 Å². The highest BCUT2D eigenvalue weighted by molar-refractivity contribution is 5.84. The minimum atomic E-state index is -0.933. The number of hydrogen-bond acceptors (Lipinski definition) is 1. The highest BCUT2D eigenvalue weighted by atomic mass is 16.4. The summed E-state index contributed by atoms with van der Waals surface area (Å²) in [5.74, 6) is -0.933. The molecule has 0 fully saturated rings. The van der Waals surface area contributed by atoms with Crippen molar-refractivity contribution >= 4 is 12.0 Å². The van der Waals surface area contributed by atoms with Crippen molar-refractivity contribution in [3.8, 4) is 0 Å². The van der Waals surface area contributed by atoms with Crippen LogP contribution in [0.3, 0.4) is 0 Å². The first-order chi connectivity index (χ1) is 8.25. The summed E-state index contributed by atoms with van der Waals surface area (Å²) in [6.45, 7) is 0.743. The second-order valence-corrected chi connectivity index (χ2v) is 3.72. The highest BCUT2D eigenvalue weighted by Crippen LogP contribution is 2.09. The molecule has 86 valence electrons. The fourth-order valence-electron chi connectivity index (χ4n) is 1.66. The Morgan fingerprint density at radius 2 is 1.94 bits per heavy atom. The number of hydrogen-bond donors (Lipinski definition) is 1. The van der Waals surface area contributed by atoms with Crippen molar-refractivity contribution in [1.29, 1.82) is 0 Å².